The number of allylic oxidation sites excluding steroid dienone is 5. The zero-order valence-electron chi connectivity index (χ0n) is 30.2. The van der Waals surface area contributed by atoms with Crippen molar-refractivity contribution >= 4 is 59.8 Å². The molecule has 0 aliphatic heterocycles. The van der Waals surface area contributed by atoms with Crippen LogP contribution in [-0.2, 0) is 5.41 Å². The van der Waals surface area contributed by atoms with Crippen LogP contribution in [0.2, 0.25) is 0 Å². The topological polar surface area (TPSA) is 13.1 Å². The van der Waals surface area contributed by atoms with Crippen LogP contribution in [0.25, 0.3) is 93.2 Å². The first-order valence-electron chi connectivity index (χ1n) is 18.5. The van der Waals surface area contributed by atoms with E-state index in [9.17, 15) is 0 Å². The second kappa shape index (κ2) is 11.8. The fraction of sp³-hybridized carbons (Fsp3) is 0.0769. The van der Waals surface area contributed by atoms with E-state index in [1.165, 1.54) is 82.6 Å². The van der Waals surface area contributed by atoms with Gasteiger partial charge in [0.1, 0.15) is 11.2 Å². The summed E-state index contributed by atoms with van der Waals surface area (Å²) < 4.78 is 6.50. The molecule has 252 valence electrons. The normalized spacial score (nSPS) is 14.0. The molecule has 1 heterocycles. The lowest BCUT2D eigenvalue weighted by Crippen LogP contribution is -2.16. The van der Waals surface area contributed by atoms with Crippen molar-refractivity contribution in [3.05, 3.63) is 187 Å². The van der Waals surface area contributed by atoms with Gasteiger partial charge in [0.15, 0.2) is 0 Å². The van der Waals surface area contributed by atoms with E-state index in [1.807, 2.05) is 6.08 Å². The SMILES string of the molecule is C=CC1=C(/C=C\C)c2ccc(-c3ccc(-c4c5ccccc5c(-c5ccc6oc7c8ccccc8ccc7c6c5)c5ccccc45)cc3)cc2C1(C)C. The van der Waals surface area contributed by atoms with Gasteiger partial charge in [-0.2, -0.15) is 0 Å². The van der Waals surface area contributed by atoms with Crippen LogP contribution in [-0.4, -0.2) is 0 Å². The van der Waals surface area contributed by atoms with Crippen molar-refractivity contribution in [3.8, 4) is 33.4 Å². The van der Waals surface area contributed by atoms with Crippen molar-refractivity contribution in [2.45, 2.75) is 26.2 Å². The summed E-state index contributed by atoms with van der Waals surface area (Å²) in [5.74, 6) is 0. The highest BCUT2D eigenvalue weighted by Gasteiger charge is 2.35. The Balaban J connectivity index is 1.11. The number of benzene rings is 8. The summed E-state index contributed by atoms with van der Waals surface area (Å²) in [6.45, 7) is 10.9. The molecule has 1 nitrogen and oxygen atoms in total. The van der Waals surface area contributed by atoms with Crippen molar-refractivity contribution in [1.29, 1.82) is 0 Å². The van der Waals surface area contributed by atoms with E-state index < -0.39 is 0 Å². The number of rotatable bonds is 5. The maximum Gasteiger partial charge on any atom is 0.143 e. The monoisotopic (exact) mass is 678 g/mol. The van der Waals surface area contributed by atoms with E-state index in [4.69, 9.17) is 4.42 Å². The molecule has 0 fully saturated rings. The van der Waals surface area contributed by atoms with Crippen LogP contribution in [0.4, 0.5) is 0 Å². The van der Waals surface area contributed by atoms with Gasteiger partial charge in [0.05, 0.1) is 0 Å². The van der Waals surface area contributed by atoms with Crippen molar-refractivity contribution in [3.63, 3.8) is 0 Å². The van der Waals surface area contributed by atoms with Gasteiger partial charge in [-0.15, -0.1) is 0 Å². The molecule has 0 N–H and O–H groups in total. The lowest BCUT2D eigenvalue weighted by atomic mass is 9.80. The maximum absolute atomic E-state index is 6.50. The summed E-state index contributed by atoms with van der Waals surface area (Å²) in [5, 5.41) is 9.60. The van der Waals surface area contributed by atoms with E-state index in [-0.39, 0.29) is 5.41 Å². The van der Waals surface area contributed by atoms with Gasteiger partial charge in [-0.1, -0.05) is 160 Å². The fourth-order valence-electron chi connectivity index (χ4n) is 9.05. The molecule has 1 aliphatic carbocycles. The first kappa shape index (κ1) is 31.3. The third-order valence-corrected chi connectivity index (χ3v) is 11.6. The van der Waals surface area contributed by atoms with Gasteiger partial charge in [-0.25, -0.2) is 0 Å². The molecule has 0 radical (unpaired) electrons. The predicted octanol–water partition coefficient (Wildman–Crippen LogP) is 14.9. The van der Waals surface area contributed by atoms with E-state index >= 15 is 0 Å². The third kappa shape index (κ3) is 4.64. The second-order valence-electron chi connectivity index (χ2n) is 14.8. The highest BCUT2D eigenvalue weighted by atomic mass is 16.3. The molecule has 1 aliphatic rings. The largest absolute Gasteiger partial charge is 0.455 e. The Morgan fingerprint density at radius 2 is 1.11 bits per heavy atom. The lowest BCUT2D eigenvalue weighted by Gasteiger charge is -2.23. The first-order chi connectivity index (χ1) is 26.0. The quantitative estimate of drug-likeness (QED) is 0.165. The summed E-state index contributed by atoms with van der Waals surface area (Å²) >= 11 is 0. The molecular weight excluding hydrogens is 641 g/mol. The highest BCUT2D eigenvalue weighted by Crippen LogP contribution is 2.49. The van der Waals surface area contributed by atoms with Crippen LogP contribution in [0.3, 0.4) is 0 Å². The van der Waals surface area contributed by atoms with Gasteiger partial charge in [0, 0.05) is 21.6 Å². The Hall–Kier alpha value is -6.44. The van der Waals surface area contributed by atoms with Crippen LogP contribution in [0, 0.1) is 0 Å². The minimum atomic E-state index is -0.106. The molecular formula is C52H38O. The average Bonchev–Trinajstić information content (AvgIpc) is 3.68. The molecule has 8 aromatic carbocycles. The van der Waals surface area contributed by atoms with E-state index in [0.29, 0.717) is 0 Å². The van der Waals surface area contributed by atoms with Crippen molar-refractivity contribution in [2.75, 3.05) is 0 Å². The Kier molecular flexibility index (Phi) is 6.97. The summed E-state index contributed by atoms with van der Waals surface area (Å²) in [7, 11) is 0. The fourth-order valence-corrected chi connectivity index (χ4v) is 9.05. The zero-order valence-corrected chi connectivity index (χ0v) is 30.2. The van der Waals surface area contributed by atoms with Gasteiger partial charge in [0.2, 0.25) is 0 Å². The number of fused-ring (bicyclic) bond motifs is 8. The molecule has 0 spiro atoms. The molecule has 10 rings (SSSR count). The molecule has 1 aromatic heterocycles. The third-order valence-electron chi connectivity index (χ3n) is 11.6. The van der Waals surface area contributed by atoms with Crippen LogP contribution in [0.1, 0.15) is 31.9 Å². The second-order valence-corrected chi connectivity index (χ2v) is 14.8. The summed E-state index contributed by atoms with van der Waals surface area (Å²) in [4.78, 5) is 0. The van der Waals surface area contributed by atoms with Crippen LogP contribution < -0.4 is 0 Å². The number of hydrogen-bond acceptors (Lipinski definition) is 1. The Morgan fingerprint density at radius 3 is 1.77 bits per heavy atom. The molecule has 53 heavy (non-hydrogen) atoms. The molecule has 1 heteroatoms. The first-order valence-corrected chi connectivity index (χ1v) is 18.5. The van der Waals surface area contributed by atoms with Crippen LogP contribution in [0.15, 0.2) is 180 Å². The maximum atomic E-state index is 6.50. The smallest absolute Gasteiger partial charge is 0.143 e. The van der Waals surface area contributed by atoms with Gasteiger partial charge in [0.25, 0.3) is 0 Å². The summed E-state index contributed by atoms with van der Waals surface area (Å²) in [6.07, 6.45) is 6.37. The number of furan rings is 1. The van der Waals surface area contributed by atoms with Crippen LogP contribution in [0.5, 0.6) is 0 Å². The Bertz CT molecular complexity index is 2980. The van der Waals surface area contributed by atoms with Crippen molar-refractivity contribution < 1.29 is 4.42 Å². The van der Waals surface area contributed by atoms with Gasteiger partial charge < -0.3 is 4.42 Å². The van der Waals surface area contributed by atoms with Gasteiger partial charge in [-0.3, -0.25) is 0 Å². The predicted molar refractivity (Wildman–Crippen MR) is 228 cm³/mol. The Labute approximate surface area is 309 Å². The summed E-state index contributed by atoms with van der Waals surface area (Å²) in [6, 6.07) is 53.4. The van der Waals surface area contributed by atoms with E-state index in [0.717, 1.165) is 27.3 Å². The molecule has 0 saturated carbocycles. The molecule has 0 saturated heterocycles. The van der Waals surface area contributed by atoms with Crippen molar-refractivity contribution in [1.82, 2.24) is 0 Å². The van der Waals surface area contributed by atoms with Crippen LogP contribution >= 0.6 is 0 Å². The average molecular weight is 679 g/mol. The Morgan fingerprint density at radius 1 is 0.528 bits per heavy atom. The molecule has 0 amide bonds. The summed E-state index contributed by atoms with van der Waals surface area (Å²) in [5.41, 5.74) is 14.3. The standard InChI is InChI=1S/C52H38O/c1-5-13-38-39-27-25-35(31-47(39)52(3,4)46(38)6-2)32-20-22-34(23-21-32)49-40-16-9-11-18-42(40)50(43-19-12-10-17-41(43)49)36-26-29-48-45(30-36)44-28-24-33-14-7-8-15-37(33)51(44)53-48/h5-31H,2H2,1,3-4H3/b13-5-. The number of hydrogen-bond donors (Lipinski definition) is 0. The molecule has 0 bridgehead atoms. The van der Waals surface area contributed by atoms with E-state index in [1.54, 1.807) is 0 Å². The van der Waals surface area contributed by atoms with Gasteiger partial charge >= 0.3 is 0 Å². The van der Waals surface area contributed by atoms with Gasteiger partial charge in [-0.05, 0) is 114 Å². The van der Waals surface area contributed by atoms with Crippen molar-refractivity contribution in [2.24, 2.45) is 0 Å². The molecule has 0 atom stereocenters. The molecule has 0 unspecified atom stereocenters. The minimum Gasteiger partial charge on any atom is -0.455 e. The molecule has 9 aromatic rings. The lowest BCUT2D eigenvalue weighted by molar-refractivity contribution is 0.655. The minimum absolute atomic E-state index is 0.106. The zero-order chi connectivity index (χ0) is 35.8. The van der Waals surface area contributed by atoms with E-state index in [2.05, 4.69) is 185 Å². The highest BCUT2D eigenvalue weighted by molar-refractivity contribution is 6.23.